The molecular weight excluding hydrogens is 445 g/mol. The van der Waals surface area contributed by atoms with E-state index in [4.69, 9.17) is 21.1 Å². The van der Waals surface area contributed by atoms with E-state index in [9.17, 15) is 19.7 Å². The van der Waals surface area contributed by atoms with Crippen molar-refractivity contribution in [1.29, 1.82) is 0 Å². The molecule has 0 saturated carbocycles. The Morgan fingerprint density at radius 3 is 2.31 bits per heavy atom. The second-order valence-corrected chi connectivity index (χ2v) is 7.81. The number of nitro benzene ring substituents is 1. The van der Waals surface area contributed by atoms with Gasteiger partial charge in [0, 0.05) is 30.8 Å². The summed E-state index contributed by atoms with van der Waals surface area (Å²) < 4.78 is 28.4. The first kappa shape index (κ1) is 25.4. The maximum Gasteiger partial charge on any atom is 0.347 e. The summed E-state index contributed by atoms with van der Waals surface area (Å²) in [5.41, 5.74) is -1.65. The van der Waals surface area contributed by atoms with Gasteiger partial charge in [-0.2, -0.15) is 0 Å². The summed E-state index contributed by atoms with van der Waals surface area (Å²) in [5, 5.41) is 11.7. The van der Waals surface area contributed by atoms with Crippen LogP contribution >= 0.6 is 11.6 Å². The average molecular weight is 472 g/mol. The second kappa shape index (κ2) is 10.6. The number of benzene rings is 1. The molecule has 0 bridgehead atoms. The van der Waals surface area contributed by atoms with Crippen LogP contribution in [0.2, 0.25) is 5.15 Å². The van der Waals surface area contributed by atoms with Crippen LogP contribution in [0, 0.1) is 21.8 Å². The number of rotatable bonds is 10. The van der Waals surface area contributed by atoms with Crippen molar-refractivity contribution in [2.24, 2.45) is 5.92 Å². The lowest BCUT2D eigenvalue weighted by Crippen LogP contribution is -2.31. The van der Waals surface area contributed by atoms with Gasteiger partial charge in [-0.15, -0.1) is 0 Å². The van der Waals surface area contributed by atoms with E-state index >= 15 is 4.39 Å². The highest BCUT2D eigenvalue weighted by molar-refractivity contribution is 6.32. The fraction of sp³-hybridized carbons (Fsp3) is 0.524. The van der Waals surface area contributed by atoms with Crippen LogP contribution in [0.3, 0.4) is 0 Å². The lowest BCUT2D eigenvalue weighted by atomic mass is 10.0. The minimum atomic E-state index is -1.15. The summed E-state index contributed by atoms with van der Waals surface area (Å²) >= 11 is 6.32. The van der Waals surface area contributed by atoms with Gasteiger partial charge in [0.2, 0.25) is 5.75 Å². The third kappa shape index (κ3) is 5.12. The van der Waals surface area contributed by atoms with Crippen molar-refractivity contribution in [3.05, 3.63) is 43.6 Å². The van der Waals surface area contributed by atoms with E-state index in [2.05, 4.69) is 0 Å². The summed E-state index contributed by atoms with van der Waals surface area (Å²) in [5.74, 6) is -2.06. The highest BCUT2D eigenvalue weighted by Gasteiger charge is 2.30. The van der Waals surface area contributed by atoms with Gasteiger partial charge in [0.25, 0.3) is 5.56 Å². The van der Waals surface area contributed by atoms with Gasteiger partial charge in [0.05, 0.1) is 17.1 Å². The third-order valence-corrected chi connectivity index (χ3v) is 5.17. The Morgan fingerprint density at radius 2 is 1.84 bits per heavy atom. The SMILES string of the molecule is CCOC(=O)C(CC(C)C)Oc1cc(F)c(-c2c(Cl)n(CC)n(CC)c2=O)cc1[N+](=O)[O-]. The molecule has 1 aromatic carbocycles. The highest BCUT2D eigenvalue weighted by atomic mass is 35.5. The molecule has 0 N–H and O–H groups in total. The van der Waals surface area contributed by atoms with Crippen molar-refractivity contribution in [1.82, 2.24) is 9.36 Å². The molecule has 0 aliphatic rings. The Kier molecular flexibility index (Phi) is 8.43. The van der Waals surface area contributed by atoms with Crippen molar-refractivity contribution >= 4 is 23.3 Å². The maximum absolute atomic E-state index is 15.1. The molecule has 2 aromatic rings. The quantitative estimate of drug-likeness (QED) is 0.288. The zero-order valence-corrected chi connectivity index (χ0v) is 19.4. The first-order valence-electron chi connectivity index (χ1n) is 10.4. The van der Waals surface area contributed by atoms with E-state index in [0.29, 0.717) is 6.54 Å². The normalized spacial score (nSPS) is 12.1. The molecule has 1 aromatic heterocycles. The number of hydrogen-bond acceptors (Lipinski definition) is 6. The van der Waals surface area contributed by atoms with E-state index in [1.807, 2.05) is 13.8 Å². The Morgan fingerprint density at radius 1 is 1.22 bits per heavy atom. The van der Waals surface area contributed by atoms with E-state index in [0.717, 1.165) is 12.1 Å². The largest absolute Gasteiger partial charge is 0.471 e. The molecule has 0 saturated heterocycles. The van der Waals surface area contributed by atoms with Crippen molar-refractivity contribution in [2.75, 3.05) is 6.61 Å². The third-order valence-electron chi connectivity index (χ3n) is 4.79. The molecule has 1 atom stereocenters. The Bertz CT molecular complexity index is 1060. The fourth-order valence-electron chi connectivity index (χ4n) is 3.39. The first-order chi connectivity index (χ1) is 15.1. The zero-order chi connectivity index (χ0) is 24.2. The minimum absolute atomic E-state index is 0.00714. The predicted molar refractivity (Wildman–Crippen MR) is 118 cm³/mol. The summed E-state index contributed by atoms with van der Waals surface area (Å²) in [7, 11) is 0. The molecule has 0 spiro atoms. The highest BCUT2D eigenvalue weighted by Crippen LogP contribution is 2.37. The van der Waals surface area contributed by atoms with E-state index in [-0.39, 0.29) is 41.8 Å². The van der Waals surface area contributed by atoms with Crippen LogP contribution < -0.4 is 10.3 Å². The number of carbonyl (C=O) groups is 1. The average Bonchev–Trinajstić information content (AvgIpc) is 2.96. The van der Waals surface area contributed by atoms with Crippen LogP contribution in [0.15, 0.2) is 16.9 Å². The van der Waals surface area contributed by atoms with Gasteiger partial charge in [-0.25, -0.2) is 13.9 Å². The number of nitro groups is 1. The number of aromatic nitrogens is 2. The Balaban J connectivity index is 2.64. The van der Waals surface area contributed by atoms with Crippen LogP contribution in [0.5, 0.6) is 5.75 Å². The molecule has 0 amide bonds. The maximum atomic E-state index is 15.1. The van der Waals surface area contributed by atoms with Gasteiger partial charge in [-0.05, 0) is 33.1 Å². The summed E-state index contributed by atoms with van der Waals surface area (Å²) in [6.07, 6.45) is -0.938. The molecule has 1 heterocycles. The lowest BCUT2D eigenvalue weighted by Gasteiger charge is -2.19. The summed E-state index contributed by atoms with van der Waals surface area (Å²) in [6, 6.07) is 1.71. The van der Waals surface area contributed by atoms with Gasteiger partial charge >= 0.3 is 11.7 Å². The van der Waals surface area contributed by atoms with Crippen molar-refractivity contribution in [3.63, 3.8) is 0 Å². The Labute approximate surface area is 189 Å². The molecule has 32 heavy (non-hydrogen) atoms. The fourth-order valence-corrected chi connectivity index (χ4v) is 3.79. The smallest absolute Gasteiger partial charge is 0.347 e. The van der Waals surface area contributed by atoms with Crippen LogP contribution in [0.4, 0.5) is 10.1 Å². The first-order valence-corrected chi connectivity index (χ1v) is 10.8. The van der Waals surface area contributed by atoms with Crippen molar-refractivity contribution < 1.29 is 23.6 Å². The van der Waals surface area contributed by atoms with Gasteiger partial charge in [0.15, 0.2) is 6.10 Å². The molecule has 9 nitrogen and oxygen atoms in total. The van der Waals surface area contributed by atoms with Crippen molar-refractivity contribution in [2.45, 2.75) is 60.2 Å². The van der Waals surface area contributed by atoms with E-state index in [1.54, 1.807) is 20.8 Å². The lowest BCUT2D eigenvalue weighted by molar-refractivity contribution is -0.386. The molecule has 176 valence electrons. The van der Waals surface area contributed by atoms with Gasteiger partial charge < -0.3 is 9.47 Å². The van der Waals surface area contributed by atoms with Gasteiger partial charge in [-0.1, -0.05) is 25.4 Å². The van der Waals surface area contributed by atoms with E-state index < -0.39 is 39.8 Å². The van der Waals surface area contributed by atoms with Gasteiger partial charge in [0.1, 0.15) is 11.0 Å². The molecule has 0 aliphatic carbocycles. The predicted octanol–water partition coefficient (Wildman–Crippen LogP) is 4.41. The van der Waals surface area contributed by atoms with Crippen LogP contribution in [-0.2, 0) is 22.6 Å². The number of nitrogens with zero attached hydrogens (tertiary/aromatic N) is 3. The standard InChI is InChI=1S/C21H27ClFN3O6/c1-6-24-19(22)18(20(27)25(24)7-2)13-10-15(26(29)30)16(11-14(13)23)32-17(9-12(4)5)21(28)31-8-3/h10-12,17H,6-9H2,1-5H3. The zero-order valence-electron chi connectivity index (χ0n) is 18.7. The van der Waals surface area contributed by atoms with Crippen molar-refractivity contribution in [3.8, 4) is 16.9 Å². The van der Waals surface area contributed by atoms with Crippen LogP contribution in [-0.4, -0.2) is 33.0 Å². The topological polar surface area (TPSA) is 106 Å². The second-order valence-electron chi connectivity index (χ2n) is 7.45. The van der Waals surface area contributed by atoms with Gasteiger partial charge in [-0.3, -0.25) is 19.6 Å². The molecule has 0 radical (unpaired) electrons. The number of hydrogen-bond donors (Lipinski definition) is 0. The number of halogens is 2. The van der Waals surface area contributed by atoms with Crippen LogP contribution in [0.1, 0.15) is 41.0 Å². The number of ether oxygens (including phenoxy) is 2. The van der Waals surface area contributed by atoms with Crippen LogP contribution in [0.25, 0.3) is 11.1 Å². The summed E-state index contributed by atoms with van der Waals surface area (Å²) in [4.78, 5) is 36.0. The molecule has 0 fully saturated rings. The van der Waals surface area contributed by atoms with E-state index in [1.165, 1.54) is 9.36 Å². The number of carbonyl (C=O) groups excluding carboxylic acids is 1. The molecule has 11 heteroatoms. The molecule has 2 rings (SSSR count). The monoisotopic (exact) mass is 471 g/mol. The number of esters is 1. The molecule has 1 unspecified atom stereocenters. The molecular formula is C21H27ClFN3O6. The molecule has 0 aliphatic heterocycles. The minimum Gasteiger partial charge on any atom is -0.471 e. The summed E-state index contributed by atoms with van der Waals surface area (Å²) in [6.45, 7) is 9.53. The Hall–Kier alpha value is -2.88.